The fraction of sp³-hybridized carbons (Fsp3) is 0.500. The molecule has 1 aromatic rings. The molecule has 1 aliphatic rings. The van der Waals surface area contributed by atoms with Gasteiger partial charge in [-0.05, 0) is 37.0 Å². The van der Waals surface area contributed by atoms with Gasteiger partial charge in [-0.1, -0.05) is 29.3 Å². The molecule has 2 rings (SSSR count). The van der Waals surface area contributed by atoms with Crippen LogP contribution in [0.4, 0.5) is 4.79 Å². The topological polar surface area (TPSA) is 52.6 Å². The Morgan fingerprint density at radius 3 is 2.85 bits per heavy atom. The van der Waals surface area contributed by atoms with Crippen LogP contribution in [-0.4, -0.2) is 35.2 Å². The first-order chi connectivity index (χ1) is 9.61. The van der Waals surface area contributed by atoms with Crippen molar-refractivity contribution >= 4 is 29.2 Å². The third-order valence-corrected chi connectivity index (χ3v) is 4.27. The van der Waals surface area contributed by atoms with Gasteiger partial charge in [-0.2, -0.15) is 0 Å². The first-order valence-corrected chi connectivity index (χ1v) is 7.46. The summed E-state index contributed by atoms with van der Waals surface area (Å²) in [5.41, 5.74) is 0.894. The van der Waals surface area contributed by atoms with Crippen LogP contribution in [0, 0.1) is 0 Å². The predicted octanol–water partition coefficient (Wildman–Crippen LogP) is 3.05. The molecule has 1 aromatic carbocycles. The smallest absolute Gasteiger partial charge is 0.317 e. The minimum atomic E-state index is -0.144. The Balaban J connectivity index is 1.92. The summed E-state index contributed by atoms with van der Waals surface area (Å²) in [4.78, 5) is 13.8. The van der Waals surface area contributed by atoms with Gasteiger partial charge in [-0.3, -0.25) is 0 Å². The largest absolute Gasteiger partial charge is 0.394 e. The van der Waals surface area contributed by atoms with Crippen molar-refractivity contribution in [2.45, 2.75) is 31.8 Å². The highest BCUT2D eigenvalue weighted by molar-refractivity contribution is 6.42. The molecule has 110 valence electrons. The molecule has 0 radical (unpaired) electrons. The second kappa shape index (κ2) is 7.16. The summed E-state index contributed by atoms with van der Waals surface area (Å²) in [6.07, 6.45) is 2.90. The Labute approximate surface area is 128 Å². The number of benzene rings is 1. The maximum absolute atomic E-state index is 12.1. The molecule has 1 aliphatic heterocycles. The zero-order valence-electron chi connectivity index (χ0n) is 11.1. The van der Waals surface area contributed by atoms with Gasteiger partial charge in [0.15, 0.2) is 0 Å². The van der Waals surface area contributed by atoms with Crippen LogP contribution in [-0.2, 0) is 6.54 Å². The van der Waals surface area contributed by atoms with Crippen LogP contribution in [0.15, 0.2) is 18.2 Å². The lowest BCUT2D eigenvalue weighted by Crippen LogP contribution is -2.49. The quantitative estimate of drug-likeness (QED) is 0.900. The van der Waals surface area contributed by atoms with E-state index in [1.807, 2.05) is 6.07 Å². The van der Waals surface area contributed by atoms with Crippen molar-refractivity contribution in [3.63, 3.8) is 0 Å². The van der Waals surface area contributed by atoms with Crippen molar-refractivity contribution < 1.29 is 9.90 Å². The molecular formula is C14H18Cl2N2O2. The molecule has 1 heterocycles. The van der Waals surface area contributed by atoms with E-state index in [9.17, 15) is 9.90 Å². The Hall–Kier alpha value is -0.970. The molecule has 1 fully saturated rings. The number of carbonyl (C=O) groups is 1. The van der Waals surface area contributed by atoms with E-state index in [0.717, 1.165) is 24.8 Å². The number of aliphatic hydroxyl groups excluding tert-OH is 1. The van der Waals surface area contributed by atoms with E-state index in [1.54, 1.807) is 17.0 Å². The SMILES string of the molecule is O=C(NCc1ccc(Cl)c(Cl)c1)N1CCCCC1CO. The van der Waals surface area contributed by atoms with Crippen LogP contribution >= 0.6 is 23.2 Å². The van der Waals surface area contributed by atoms with Crippen molar-refractivity contribution in [2.75, 3.05) is 13.2 Å². The molecule has 20 heavy (non-hydrogen) atoms. The molecular weight excluding hydrogens is 299 g/mol. The number of likely N-dealkylation sites (tertiary alicyclic amines) is 1. The lowest BCUT2D eigenvalue weighted by Gasteiger charge is -2.34. The standard InChI is InChI=1S/C14H18Cl2N2O2/c15-12-5-4-10(7-13(12)16)8-17-14(20)18-6-2-1-3-11(18)9-19/h4-5,7,11,19H,1-3,6,8-9H2,(H,17,20). The van der Waals surface area contributed by atoms with E-state index >= 15 is 0 Å². The number of carbonyl (C=O) groups excluding carboxylic acids is 1. The third kappa shape index (κ3) is 3.78. The minimum Gasteiger partial charge on any atom is -0.394 e. The van der Waals surface area contributed by atoms with Crippen LogP contribution < -0.4 is 5.32 Å². The van der Waals surface area contributed by atoms with Crippen molar-refractivity contribution in [1.29, 1.82) is 0 Å². The van der Waals surface area contributed by atoms with E-state index in [2.05, 4.69) is 5.32 Å². The summed E-state index contributed by atoms with van der Waals surface area (Å²) in [5.74, 6) is 0. The molecule has 6 heteroatoms. The Kier molecular flexibility index (Phi) is 5.52. The number of urea groups is 1. The molecule has 0 aromatic heterocycles. The van der Waals surface area contributed by atoms with Gasteiger partial charge in [-0.15, -0.1) is 0 Å². The highest BCUT2D eigenvalue weighted by Gasteiger charge is 2.25. The normalized spacial score (nSPS) is 18.9. The Morgan fingerprint density at radius 1 is 1.35 bits per heavy atom. The number of rotatable bonds is 3. The van der Waals surface area contributed by atoms with E-state index < -0.39 is 0 Å². The van der Waals surface area contributed by atoms with Crippen LogP contribution in [0.5, 0.6) is 0 Å². The predicted molar refractivity (Wildman–Crippen MR) is 80.1 cm³/mol. The highest BCUT2D eigenvalue weighted by Crippen LogP contribution is 2.22. The molecule has 1 saturated heterocycles. The summed E-state index contributed by atoms with van der Waals surface area (Å²) in [7, 11) is 0. The first kappa shape index (κ1) is 15.4. The summed E-state index contributed by atoms with van der Waals surface area (Å²) in [6, 6.07) is 5.06. The average molecular weight is 317 g/mol. The summed E-state index contributed by atoms with van der Waals surface area (Å²) in [6.45, 7) is 1.10. The summed E-state index contributed by atoms with van der Waals surface area (Å²) in [5, 5.41) is 13.1. The monoisotopic (exact) mass is 316 g/mol. The number of halogens is 2. The first-order valence-electron chi connectivity index (χ1n) is 6.71. The number of aliphatic hydroxyl groups is 1. The number of nitrogens with zero attached hydrogens (tertiary/aromatic N) is 1. The second-order valence-electron chi connectivity index (χ2n) is 4.93. The number of nitrogens with one attached hydrogen (secondary N) is 1. The van der Waals surface area contributed by atoms with Gasteiger partial charge in [0, 0.05) is 13.1 Å². The molecule has 2 amide bonds. The van der Waals surface area contributed by atoms with Gasteiger partial charge < -0.3 is 15.3 Å². The van der Waals surface area contributed by atoms with Gasteiger partial charge in [0.05, 0.1) is 22.7 Å². The Bertz CT molecular complexity index is 482. The summed E-state index contributed by atoms with van der Waals surface area (Å²) < 4.78 is 0. The number of amides is 2. The molecule has 2 N–H and O–H groups in total. The van der Waals surface area contributed by atoms with Gasteiger partial charge in [0.25, 0.3) is 0 Å². The van der Waals surface area contributed by atoms with E-state index in [-0.39, 0.29) is 18.7 Å². The van der Waals surface area contributed by atoms with Crippen molar-refractivity contribution in [3.05, 3.63) is 33.8 Å². The van der Waals surface area contributed by atoms with Crippen LogP contribution in [0.2, 0.25) is 10.0 Å². The van der Waals surface area contributed by atoms with E-state index in [0.29, 0.717) is 23.1 Å². The lowest BCUT2D eigenvalue weighted by atomic mass is 10.0. The van der Waals surface area contributed by atoms with E-state index in [1.165, 1.54) is 0 Å². The zero-order chi connectivity index (χ0) is 14.5. The molecule has 1 atom stereocenters. The van der Waals surface area contributed by atoms with Gasteiger partial charge in [0.1, 0.15) is 0 Å². The molecule has 0 aliphatic carbocycles. The fourth-order valence-electron chi connectivity index (χ4n) is 2.39. The fourth-order valence-corrected chi connectivity index (χ4v) is 2.71. The molecule has 1 unspecified atom stereocenters. The van der Waals surface area contributed by atoms with Crippen LogP contribution in [0.1, 0.15) is 24.8 Å². The molecule has 0 saturated carbocycles. The highest BCUT2D eigenvalue weighted by atomic mass is 35.5. The number of piperidine rings is 1. The van der Waals surface area contributed by atoms with E-state index in [4.69, 9.17) is 23.2 Å². The summed E-state index contributed by atoms with van der Waals surface area (Å²) >= 11 is 11.8. The number of hydrogen-bond acceptors (Lipinski definition) is 2. The maximum Gasteiger partial charge on any atom is 0.317 e. The molecule has 0 spiro atoms. The average Bonchev–Trinajstić information content (AvgIpc) is 2.48. The van der Waals surface area contributed by atoms with Gasteiger partial charge in [0.2, 0.25) is 0 Å². The van der Waals surface area contributed by atoms with Gasteiger partial charge in [-0.25, -0.2) is 4.79 Å². The van der Waals surface area contributed by atoms with Crippen LogP contribution in [0.25, 0.3) is 0 Å². The van der Waals surface area contributed by atoms with Crippen LogP contribution in [0.3, 0.4) is 0 Å². The molecule has 4 nitrogen and oxygen atoms in total. The van der Waals surface area contributed by atoms with Crippen molar-refractivity contribution in [2.24, 2.45) is 0 Å². The molecule has 0 bridgehead atoms. The third-order valence-electron chi connectivity index (χ3n) is 3.53. The van der Waals surface area contributed by atoms with Crippen molar-refractivity contribution in [1.82, 2.24) is 10.2 Å². The van der Waals surface area contributed by atoms with Gasteiger partial charge >= 0.3 is 6.03 Å². The second-order valence-corrected chi connectivity index (χ2v) is 5.75. The maximum atomic E-state index is 12.1. The Morgan fingerprint density at radius 2 is 2.15 bits per heavy atom. The zero-order valence-corrected chi connectivity index (χ0v) is 12.6. The minimum absolute atomic E-state index is 0.0141. The van der Waals surface area contributed by atoms with Crippen molar-refractivity contribution in [3.8, 4) is 0 Å². The number of hydrogen-bond donors (Lipinski definition) is 2. The lowest BCUT2D eigenvalue weighted by molar-refractivity contribution is 0.108.